The Kier molecular flexibility index (Phi) is 5.39. The number of anilines is 3. The second-order valence-electron chi connectivity index (χ2n) is 5.65. The summed E-state index contributed by atoms with van der Waals surface area (Å²) in [5.74, 6) is 1.01. The molecule has 0 fully saturated rings. The summed E-state index contributed by atoms with van der Waals surface area (Å²) in [6.45, 7) is 1.92. The molecule has 2 N–H and O–H groups in total. The molecule has 6 heteroatoms. The van der Waals surface area contributed by atoms with Crippen LogP contribution >= 0.6 is 11.6 Å². The molecule has 0 aliphatic heterocycles. The number of methoxy groups -OCH3 is 1. The molecule has 0 bridgehead atoms. The number of aromatic nitrogens is 1. The molecule has 0 aliphatic carbocycles. The van der Waals surface area contributed by atoms with Gasteiger partial charge >= 0.3 is 0 Å². The summed E-state index contributed by atoms with van der Waals surface area (Å²) in [5.41, 5.74) is 2.91. The maximum Gasteiger partial charge on any atom is 0.255 e. The molecule has 2 aromatic carbocycles. The van der Waals surface area contributed by atoms with Crippen LogP contribution in [-0.4, -0.2) is 18.0 Å². The molecule has 5 nitrogen and oxygen atoms in total. The van der Waals surface area contributed by atoms with Crippen molar-refractivity contribution in [3.8, 4) is 5.75 Å². The second-order valence-corrected chi connectivity index (χ2v) is 6.06. The van der Waals surface area contributed by atoms with Gasteiger partial charge in [-0.15, -0.1) is 0 Å². The fourth-order valence-electron chi connectivity index (χ4n) is 2.43. The number of rotatable bonds is 5. The molecule has 3 rings (SSSR count). The van der Waals surface area contributed by atoms with Crippen molar-refractivity contribution in [3.63, 3.8) is 0 Å². The van der Waals surface area contributed by atoms with Crippen molar-refractivity contribution in [3.05, 3.63) is 76.9 Å². The molecule has 0 radical (unpaired) electrons. The number of nitrogens with zero attached hydrogens (tertiary/aromatic N) is 1. The first-order valence-corrected chi connectivity index (χ1v) is 8.38. The van der Waals surface area contributed by atoms with Crippen molar-refractivity contribution in [1.29, 1.82) is 0 Å². The quantitative estimate of drug-likeness (QED) is 0.662. The van der Waals surface area contributed by atoms with Gasteiger partial charge in [-0.25, -0.2) is 4.98 Å². The Labute approximate surface area is 157 Å². The largest absolute Gasteiger partial charge is 0.497 e. The smallest absolute Gasteiger partial charge is 0.255 e. The van der Waals surface area contributed by atoms with Gasteiger partial charge in [-0.3, -0.25) is 4.79 Å². The molecule has 0 saturated heterocycles. The third-order valence-electron chi connectivity index (χ3n) is 3.88. The number of carbonyl (C=O) groups is 1. The zero-order chi connectivity index (χ0) is 18.5. The third-order valence-corrected chi connectivity index (χ3v) is 4.29. The number of hydrogen-bond donors (Lipinski definition) is 2. The monoisotopic (exact) mass is 367 g/mol. The lowest BCUT2D eigenvalue weighted by Gasteiger charge is -2.11. The molecular formula is C20H18ClN3O2. The zero-order valence-corrected chi connectivity index (χ0v) is 15.2. The maximum atomic E-state index is 12.5. The van der Waals surface area contributed by atoms with Crippen molar-refractivity contribution in [2.24, 2.45) is 0 Å². The SMILES string of the molecule is COc1cccc(NC(=O)c2ccnc(Nc3cccc(Cl)c3C)c2)c1. The first kappa shape index (κ1) is 17.8. The predicted octanol–water partition coefficient (Wildman–Crippen LogP) is 5.05. The van der Waals surface area contributed by atoms with Crippen LogP contribution in [-0.2, 0) is 0 Å². The lowest BCUT2D eigenvalue weighted by Crippen LogP contribution is -2.12. The van der Waals surface area contributed by atoms with Crippen LogP contribution in [0.4, 0.5) is 17.2 Å². The summed E-state index contributed by atoms with van der Waals surface area (Å²) < 4.78 is 5.17. The maximum absolute atomic E-state index is 12.5. The van der Waals surface area contributed by atoms with Gasteiger partial charge in [-0.1, -0.05) is 23.7 Å². The van der Waals surface area contributed by atoms with Gasteiger partial charge in [0.15, 0.2) is 0 Å². The van der Waals surface area contributed by atoms with Gasteiger partial charge in [0.05, 0.1) is 7.11 Å². The summed E-state index contributed by atoms with van der Waals surface area (Å²) in [4.78, 5) is 16.8. The van der Waals surface area contributed by atoms with Crippen molar-refractivity contribution in [2.45, 2.75) is 6.92 Å². The first-order chi connectivity index (χ1) is 12.6. The van der Waals surface area contributed by atoms with Crippen LogP contribution in [0.1, 0.15) is 15.9 Å². The van der Waals surface area contributed by atoms with Crippen molar-refractivity contribution in [1.82, 2.24) is 4.98 Å². The second kappa shape index (κ2) is 7.89. The number of nitrogens with one attached hydrogen (secondary N) is 2. The van der Waals surface area contributed by atoms with Gasteiger partial charge in [-0.05, 0) is 48.9 Å². The highest BCUT2D eigenvalue weighted by Crippen LogP contribution is 2.26. The Balaban J connectivity index is 1.78. The average Bonchev–Trinajstić information content (AvgIpc) is 2.66. The van der Waals surface area contributed by atoms with Crippen LogP contribution in [0.15, 0.2) is 60.8 Å². The molecule has 0 spiro atoms. The Bertz CT molecular complexity index is 944. The third kappa shape index (κ3) is 4.13. The number of ether oxygens (including phenoxy) is 1. The summed E-state index contributed by atoms with van der Waals surface area (Å²) in [5, 5.41) is 6.71. The molecule has 0 saturated carbocycles. The number of hydrogen-bond acceptors (Lipinski definition) is 4. The number of halogens is 1. The number of carbonyl (C=O) groups excluding carboxylic acids is 1. The van der Waals surface area contributed by atoms with Gasteiger partial charge in [0, 0.05) is 34.2 Å². The van der Waals surface area contributed by atoms with E-state index in [1.807, 2.05) is 37.3 Å². The van der Waals surface area contributed by atoms with Gasteiger partial charge < -0.3 is 15.4 Å². The minimum atomic E-state index is -0.230. The fourth-order valence-corrected chi connectivity index (χ4v) is 2.60. The molecule has 26 heavy (non-hydrogen) atoms. The van der Waals surface area contributed by atoms with Gasteiger partial charge in [0.1, 0.15) is 11.6 Å². The standard InChI is InChI=1S/C20H18ClN3O2/c1-13-17(21)7-4-8-18(13)24-19-11-14(9-10-22-19)20(25)23-15-5-3-6-16(12-15)26-2/h3-12H,1-2H3,(H,22,24)(H,23,25). The van der Waals surface area contributed by atoms with Gasteiger partial charge in [-0.2, -0.15) is 0 Å². The Morgan fingerprint density at radius 2 is 1.92 bits per heavy atom. The topological polar surface area (TPSA) is 63.2 Å². The van der Waals surface area contributed by atoms with Crippen molar-refractivity contribution >= 4 is 34.7 Å². The normalized spacial score (nSPS) is 10.3. The number of benzene rings is 2. The van der Waals surface area contributed by atoms with Crippen LogP contribution in [0.5, 0.6) is 5.75 Å². The van der Waals surface area contributed by atoms with E-state index >= 15 is 0 Å². The van der Waals surface area contributed by atoms with Crippen LogP contribution in [0.2, 0.25) is 5.02 Å². The highest BCUT2D eigenvalue weighted by molar-refractivity contribution is 6.31. The molecule has 1 amide bonds. The minimum absolute atomic E-state index is 0.230. The van der Waals surface area contributed by atoms with Crippen LogP contribution in [0.3, 0.4) is 0 Å². The van der Waals surface area contributed by atoms with Crippen LogP contribution in [0, 0.1) is 6.92 Å². The molecule has 0 atom stereocenters. The molecule has 0 unspecified atom stereocenters. The Morgan fingerprint density at radius 1 is 1.12 bits per heavy atom. The van der Waals surface area contributed by atoms with E-state index in [1.165, 1.54) is 0 Å². The van der Waals surface area contributed by atoms with E-state index in [9.17, 15) is 4.79 Å². The predicted molar refractivity (Wildman–Crippen MR) is 105 cm³/mol. The first-order valence-electron chi connectivity index (χ1n) is 8.00. The molecule has 132 valence electrons. The molecule has 1 aromatic heterocycles. The van der Waals surface area contributed by atoms with E-state index in [2.05, 4.69) is 15.6 Å². The van der Waals surface area contributed by atoms with E-state index in [4.69, 9.17) is 16.3 Å². The summed E-state index contributed by atoms with van der Waals surface area (Å²) in [7, 11) is 1.58. The fraction of sp³-hybridized carbons (Fsp3) is 0.100. The summed E-state index contributed by atoms with van der Waals surface area (Å²) >= 11 is 6.14. The van der Waals surface area contributed by atoms with E-state index in [1.54, 1.807) is 37.6 Å². The average molecular weight is 368 g/mol. The molecule has 3 aromatic rings. The minimum Gasteiger partial charge on any atom is -0.497 e. The van der Waals surface area contributed by atoms with E-state index in [-0.39, 0.29) is 5.91 Å². The Morgan fingerprint density at radius 3 is 2.73 bits per heavy atom. The highest BCUT2D eigenvalue weighted by Gasteiger charge is 2.09. The van der Waals surface area contributed by atoms with Gasteiger partial charge in [0.25, 0.3) is 5.91 Å². The summed E-state index contributed by atoms with van der Waals surface area (Å²) in [6.07, 6.45) is 1.59. The highest BCUT2D eigenvalue weighted by atomic mass is 35.5. The number of amides is 1. The van der Waals surface area contributed by atoms with E-state index < -0.39 is 0 Å². The van der Waals surface area contributed by atoms with Crippen molar-refractivity contribution < 1.29 is 9.53 Å². The number of pyridine rings is 1. The lowest BCUT2D eigenvalue weighted by molar-refractivity contribution is 0.102. The molecule has 1 heterocycles. The van der Waals surface area contributed by atoms with Gasteiger partial charge in [0.2, 0.25) is 0 Å². The zero-order valence-electron chi connectivity index (χ0n) is 14.4. The van der Waals surface area contributed by atoms with Crippen LogP contribution in [0.25, 0.3) is 0 Å². The molecule has 0 aliphatic rings. The van der Waals surface area contributed by atoms with E-state index in [0.717, 1.165) is 11.3 Å². The van der Waals surface area contributed by atoms with E-state index in [0.29, 0.717) is 27.8 Å². The van der Waals surface area contributed by atoms with Crippen molar-refractivity contribution in [2.75, 3.05) is 17.7 Å². The molecular weight excluding hydrogens is 350 g/mol. The van der Waals surface area contributed by atoms with Crippen LogP contribution < -0.4 is 15.4 Å². The summed E-state index contributed by atoms with van der Waals surface area (Å²) in [6, 6.07) is 16.1. The lowest BCUT2D eigenvalue weighted by atomic mass is 10.2. The Hall–Kier alpha value is -3.05.